The molecule has 1 saturated heterocycles. The maximum Gasteiger partial charge on any atom is 0.123 e. The molecular formula is C11H14FNO. The highest BCUT2D eigenvalue weighted by Gasteiger charge is 2.15. The first-order chi connectivity index (χ1) is 6.75. The molecule has 1 atom stereocenters. The Morgan fingerprint density at radius 1 is 1.43 bits per heavy atom. The van der Waals surface area contributed by atoms with Gasteiger partial charge in [-0.3, -0.25) is 0 Å². The van der Waals surface area contributed by atoms with Crippen molar-refractivity contribution in [1.29, 1.82) is 0 Å². The van der Waals surface area contributed by atoms with Crippen molar-refractivity contribution >= 4 is 0 Å². The molecule has 1 fully saturated rings. The number of hydrogen-bond donors (Lipinski definition) is 1. The molecule has 1 aromatic carbocycles. The fraction of sp³-hybridized carbons (Fsp3) is 0.455. The van der Waals surface area contributed by atoms with Crippen molar-refractivity contribution in [3.05, 3.63) is 35.1 Å². The zero-order valence-electron chi connectivity index (χ0n) is 8.22. The molecule has 1 aliphatic heterocycles. The third-order valence-corrected chi connectivity index (χ3v) is 2.39. The van der Waals surface area contributed by atoms with Crippen LogP contribution in [0.25, 0.3) is 0 Å². The van der Waals surface area contributed by atoms with Crippen molar-refractivity contribution in [2.75, 3.05) is 19.8 Å². The van der Waals surface area contributed by atoms with E-state index in [0.717, 1.165) is 24.3 Å². The summed E-state index contributed by atoms with van der Waals surface area (Å²) in [5.74, 6) is -0.174. The highest BCUT2D eigenvalue weighted by atomic mass is 19.1. The lowest BCUT2D eigenvalue weighted by Gasteiger charge is -2.24. The van der Waals surface area contributed by atoms with Gasteiger partial charge in [-0.05, 0) is 30.2 Å². The molecule has 0 radical (unpaired) electrons. The van der Waals surface area contributed by atoms with Gasteiger partial charge in [0.05, 0.1) is 19.3 Å². The Hall–Kier alpha value is -0.930. The maximum atomic E-state index is 13.1. The van der Waals surface area contributed by atoms with Crippen molar-refractivity contribution in [3.63, 3.8) is 0 Å². The van der Waals surface area contributed by atoms with Gasteiger partial charge in [-0.15, -0.1) is 0 Å². The topological polar surface area (TPSA) is 21.3 Å². The number of benzene rings is 1. The maximum absolute atomic E-state index is 13.1. The molecule has 3 heteroatoms. The lowest BCUT2D eigenvalue weighted by atomic mass is 10.0. The van der Waals surface area contributed by atoms with E-state index in [-0.39, 0.29) is 11.9 Å². The van der Waals surface area contributed by atoms with Gasteiger partial charge in [0.2, 0.25) is 0 Å². The summed E-state index contributed by atoms with van der Waals surface area (Å²) in [7, 11) is 0. The van der Waals surface area contributed by atoms with Gasteiger partial charge >= 0.3 is 0 Å². The number of nitrogens with one attached hydrogen (secondary N) is 1. The minimum atomic E-state index is -0.174. The molecule has 0 bridgehead atoms. The predicted molar refractivity (Wildman–Crippen MR) is 52.7 cm³/mol. The first-order valence-corrected chi connectivity index (χ1v) is 4.84. The molecule has 1 aromatic rings. The van der Waals surface area contributed by atoms with Gasteiger partial charge in [0.25, 0.3) is 0 Å². The van der Waals surface area contributed by atoms with Crippen LogP contribution in [0, 0.1) is 12.7 Å². The monoisotopic (exact) mass is 195 g/mol. The summed E-state index contributed by atoms with van der Waals surface area (Å²) in [6.45, 7) is 4.10. The van der Waals surface area contributed by atoms with Crippen LogP contribution < -0.4 is 5.32 Å². The second-order valence-electron chi connectivity index (χ2n) is 3.64. The standard InChI is InChI=1S/C11H14FNO/c1-8-4-9(6-10(12)5-8)11-7-14-3-2-13-11/h4-6,11,13H,2-3,7H2,1H3. The molecule has 1 N–H and O–H groups in total. The molecule has 76 valence electrons. The van der Waals surface area contributed by atoms with E-state index >= 15 is 0 Å². The fourth-order valence-electron chi connectivity index (χ4n) is 1.75. The van der Waals surface area contributed by atoms with Crippen molar-refractivity contribution in [1.82, 2.24) is 5.32 Å². The van der Waals surface area contributed by atoms with Crippen LogP contribution >= 0.6 is 0 Å². The largest absolute Gasteiger partial charge is 0.378 e. The van der Waals surface area contributed by atoms with Gasteiger partial charge in [-0.2, -0.15) is 0 Å². The van der Waals surface area contributed by atoms with Crippen LogP contribution in [0.2, 0.25) is 0 Å². The molecule has 0 spiro atoms. The number of rotatable bonds is 1. The Balaban J connectivity index is 2.21. The van der Waals surface area contributed by atoms with Gasteiger partial charge in [-0.25, -0.2) is 4.39 Å². The van der Waals surface area contributed by atoms with Crippen molar-refractivity contribution < 1.29 is 9.13 Å². The van der Waals surface area contributed by atoms with Gasteiger partial charge < -0.3 is 10.1 Å². The highest BCUT2D eigenvalue weighted by molar-refractivity contribution is 5.26. The normalized spacial score (nSPS) is 22.3. The Bertz CT molecular complexity index is 301. The lowest BCUT2D eigenvalue weighted by Crippen LogP contribution is -2.34. The van der Waals surface area contributed by atoms with Crippen LogP contribution in [0.1, 0.15) is 17.2 Å². The van der Waals surface area contributed by atoms with Gasteiger partial charge in [0, 0.05) is 6.54 Å². The average molecular weight is 195 g/mol. The van der Waals surface area contributed by atoms with Gasteiger partial charge in [0.15, 0.2) is 0 Å². The minimum Gasteiger partial charge on any atom is -0.378 e. The Kier molecular flexibility index (Phi) is 2.79. The summed E-state index contributed by atoms with van der Waals surface area (Å²) < 4.78 is 18.4. The summed E-state index contributed by atoms with van der Waals surface area (Å²) in [5.41, 5.74) is 1.93. The van der Waals surface area contributed by atoms with E-state index in [4.69, 9.17) is 4.74 Å². The van der Waals surface area contributed by atoms with Crippen LogP contribution in [-0.2, 0) is 4.74 Å². The summed E-state index contributed by atoms with van der Waals surface area (Å²) in [4.78, 5) is 0. The second-order valence-corrected chi connectivity index (χ2v) is 3.64. The molecule has 1 aliphatic rings. The minimum absolute atomic E-state index is 0.137. The smallest absolute Gasteiger partial charge is 0.123 e. The van der Waals surface area contributed by atoms with E-state index in [9.17, 15) is 4.39 Å². The number of hydrogen-bond acceptors (Lipinski definition) is 2. The predicted octanol–water partition coefficient (Wildman–Crippen LogP) is 1.80. The average Bonchev–Trinajstić information content (AvgIpc) is 2.18. The van der Waals surface area contributed by atoms with E-state index in [2.05, 4.69) is 5.32 Å². The number of halogens is 1. The molecular weight excluding hydrogens is 181 g/mol. The number of morpholine rings is 1. The van der Waals surface area contributed by atoms with Crippen molar-refractivity contribution in [3.8, 4) is 0 Å². The van der Waals surface area contributed by atoms with Crippen LogP contribution in [-0.4, -0.2) is 19.8 Å². The zero-order chi connectivity index (χ0) is 9.97. The first kappa shape index (κ1) is 9.62. The van der Waals surface area contributed by atoms with Crippen molar-refractivity contribution in [2.24, 2.45) is 0 Å². The summed E-state index contributed by atoms with van der Waals surface area (Å²) in [6, 6.07) is 5.24. The summed E-state index contributed by atoms with van der Waals surface area (Å²) in [6.07, 6.45) is 0. The summed E-state index contributed by atoms with van der Waals surface area (Å²) >= 11 is 0. The van der Waals surface area contributed by atoms with Crippen LogP contribution in [0.3, 0.4) is 0 Å². The van der Waals surface area contributed by atoms with E-state index in [1.807, 2.05) is 13.0 Å². The molecule has 1 heterocycles. The Morgan fingerprint density at radius 3 is 2.93 bits per heavy atom. The molecule has 0 amide bonds. The highest BCUT2D eigenvalue weighted by Crippen LogP contribution is 2.18. The molecule has 2 rings (SSSR count). The van der Waals surface area contributed by atoms with Crippen LogP contribution in [0.5, 0.6) is 0 Å². The lowest BCUT2D eigenvalue weighted by molar-refractivity contribution is 0.0768. The SMILES string of the molecule is Cc1cc(F)cc(C2COCCN2)c1. The zero-order valence-corrected chi connectivity index (χ0v) is 8.22. The third-order valence-electron chi connectivity index (χ3n) is 2.39. The van der Waals surface area contributed by atoms with E-state index in [0.29, 0.717) is 6.61 Å². The first-order valence-electron chi connectivity index (χ1n) is 4.84. The molecule has 2 nitrogen and oxygen atoms in total. The van der Waals surface area contributed by atoms with E-state index in [1.54, 1.807) is 6.07 Å². The number of aryl methyl sites for hydroxylation is 1. The quantitative estimate of drug-likeness (QED) is 0.737. The Labute approximate surface area is 83.1 Å². The molecule has 0 aromatic heterocycles. The second kappa shape index (κ2) is 4.07. The molecule has 14 heavy (non-hydrogen) atoms. The van der Waals surface area contributed by atoms with E-state index < -0.39 is 0 Å². The fourth-order valence-corrected chi connectivity index (χ4v) is 1.75. The van der Waals surface area contributed by atoms with Gasteiger partial charge in [-0.1, -0.05) is 6.07 Å². The molecule has 0 aliphatic carbocycles. The molecule has 1 unspecified atom stereocenters. The molecule has 0 saturated carbocycles. The van der Waals surface area contributed by atoms with Gasteiger partial charge in [0.1, 0.15) is 5.82 Å². The summed E-state index contributed by atoms with van der Waals surface area (Å²) in [5, 5.41) is 3.30. The van der Waals surface area contributed by atoms with E-state index in [1.165, 1.54) is 6.07 Å². The van der Waals surface area contributed by atoms with Crippen molar-refractivity contribution in [2.45, 2.75) is 13.0 Å². The van der Waals surface area contributed by atoms with Crippen LogP contribution in [0.15, 0.2) is 18.2 Å². The van der Waals surface area contributed by atoms with Crippen LogP contribution in [0.4, 0.5) is 4.39 Å². The Morgan fingerprint density at radius 2 is 2.29 bits per heavy atom. The number of ether oxygens (including phenoxy) is 1. The third kappa shape index (κ3) is 2.11.